The second-order valence-electron chi connectivity index (χ2n) is 12.5. The summed E-state index contributed by atoms with van der Waals surface area (Å²) in [6.07, 6.45) is 6.43. The molecule has 1 heterocycles. The molecule has 3 aromatic carbocycles. The molecule has 1 aromatic heterocycles. The van der Waals surface area contributed by atoms with Crippen LogP contribution in [0.4, 0.5) is 0 Å². The topological polar surface area (TPSA) is 63.1 Å². The number of aliphatic hydroxyl groups is 1. The number of allylic oxidation sites excluding steroid dienone is 2. The second kappa shape index (κ2) is 14.7. The van der Waals surface area contributed by atoms with Gasteiger partial charge in [0.2, 0.25) is 0 Å². The summed E-state index contributed by atoms with van der Waals surface area (Å²) < 4.78 is 0. The van der Waals surface area contributed by atoms with Gasteiger partial charge in [0.05, 0.1) is 13.6 Å². The molecule has 0 saturated carbocycles. The zero-order valence-corrected chi connectivity index (χ0v) is 30.2. The molecule has 4 nitrogen and oxygen atoms in total. The summed E-state index contributed by atoms with van der Waals surface area (Å²) in [5.74, 6) is 0.286. The van der Waals surface area contributed by atoms with E-state index in [0.29, 0.717) is 0 Å². The van der Waals surface area contributed by atoms with Gasteiger partial charge in [0.15, 0.2) is 5.78 Å². The summed E-state index contributed by atoms with van der Waals surface area (Å²) >= 11 is 0. The van der Waals surface area contributed by atoms with Crippen molar-refractivity contribution >= 4 is 40.7 Å². The molecule has 4 aromatic rings. The quantitative estimate of drug-likeness (QED) is 0.0608. The number of nitrogens with zero attached hydrogens (tertiary/aromatic N) is 2. The number of hydrogen-bond donors (Lipinski definition) is 1. The van der Waals surface area contributed by atoms with Gasteiger partial charge in [-0.05, 0) is 42.1 Å². The van der Waals surface area contributed by atoms with Gasteiger partial charge in [-0.2, -0.15) is 0 Å². The number of rotatable bonds is 9. The van der Waals surface area contributed by atoms with Gasteiger partial charge in [0, 0.05) is 42.4 Å². The number of fused-ring (bicyclic) bond motifs is 3. The molecule has 0 saturated heterocycles. The van der Waals surface area contributed by atoms with Crippen molar-refractivity contribution in [3.8, 4) is 11.3 Å². The van der Waals surface area contributed by atoms with Crippen LogP contribution in [0.5, 0.6) is 0 Å². The number of carbonyl (C=O) groups is 1. The maximum Gasteiger partial charge on any atom is 0.164 e. The smallest absolute Gasteiger partial charge is 0.164 e. The van der Waals surface area contributed by atoms with Crippen LogP contribution < -0.4 is 5.19 Å². The van der Waals surface area contributed by atoms with E-state index >= 15 is 0 Å². The number of aromatic nitrogens is 2. The van der Waals surface area contributed by atoms with Gasteiger partial charge < -0.3 is 5.11 Å². The van der Waals surface area contributed by atoms with Gasteiger partial charge in [0.25, 0.3) is 0 Å². The van der Waals surface area contributed by atoms with Crippen LogP contribution in [-0.4, -0.2) is 28.9 Å². The Morgan fingerprint density at radius 1 is 0.881 bits per heavy atom. The van der Waals surface area contributed by atoms with Crippen LogP contribution in [0, 0.1) is 16.9 Å². The Morgan fingerprint density at radius 3 is 2.07 bits per heavy atom. The van der Waals surface area contributed by atoms with Gasteiger partial charge in [0.1, 0.15) is 12.1 Å². The monoisotopic (exact) mass is 760 g/mol. The summed E-state index contributed by atoms with van der Waals surface area (Å²) in [5.41, 5.74) is 2.41. The predicted molar refractivity (Wildman–Crippen MR) is 177 cm³/mol. The third-order valence-electron chi connectivity index (χ3n) is 9.02. The van der Waals surface area contributed by atoms with Crippen molar-refractivity contribution in [2.45, 2.75) is 86.9 Å². The molecule has 0 aliphatic rings. The maximum absolute atomic E-state index is 12.2. The molecular formula is C36H47IrN2O2Si-. The predicted octanol–water partition coefficient (Wildman–Crippen LogP) is 9.44. The van der Waals surface area contributed by atoms with Crippen molar-refractivity contribution < 1.29 is 30.0 Å². The molecule has 0 unspecified atom stereocenters. The van der Waals surface area contributed by atoms with Crippen molar-refractivity contribution in [1.82, 2.24) is 9.97 Å². The molecule has 42 heavy (non-hydrogen) atoms. The van der Waals surface area contributed by atoms with Crippen LogP contribution >= 0.6 is 0 Å². The number of hydrogen-bond acceptors (Lipinski definition) is 4. The van der Waals surface area contributed by atoms with Crippen LogP contribution in [0.25, 0.3) is 32.9 Å². The van der Waals surface area contributed by atoms with Gasteiger partial charge in [-0.3, -0.25) is 9.78 Å². The standard InChI is InChI=1S/C21H19N2Si.C15H28O2.Ir/c1-24(2,3)18-11-7-10-15-12-13-17-20(16-8-5-4-6-9-16)22-14-23-21(17)19(15)18;1-7-14(5,8-2)12(16)11-13(17)15(6,9-3)10-4;/h4-8,10-14H,1-3H3;11,16H,7-10H2,1-6H3;/q-1;;/b;12-11-;. The molecule has 0 spiro atoms. The maximum atomic E-state index is 12.2. The fourth-order valence-corrected chi connectivity index (χ4v) is 6.57. The minimum absolute atomic E-state index is 0. The van der Waals surface area contributed by atoms with E-state index in [9.17, 15) is 9.90 Å². The molecule has 0 atom stereocenters. The van der Waals surface area contributed by atoms with Crippen LogP contribution in [0.1, 0.15) is 67.2 Å². The number of aliphatic hydroxyl groups excluding tert-OH is 1. The molecule has 0 aliphatic carbocycles. The van der Waals surface area contributed by atoms with Crippen molar-refractivity contribution in [1.29, 1.82) is 0 Å². The summed E-state index contributed by atoms with van der Waals surface area (Å²) in [6.45, 7) is 19.2. The summed E-state index contributed by atoms with van der Waals surface area (Å²) in [4.78, 5) is 21.4. The van der Waals surface area contributed by atoms with Gasteiger partial charge in [-0.25, -0.2) is 4.98 Å². The Bertz CT molecular complexity index is 1520. The number of carbonyl (C=O) groups excluding carboxylic acids is 1. The molecule has 0 aliphatic heterocycles. The second-order valence-corrected chi connectivity index (χ2v) is 17.6. The average molecular weight is 760 g/mol. The fourth-order valence-electron chi connectivity index (χ4n) is 4.96. The summed E-state index contributed by atoms with van der Waals surface area (Å²) in [7, 11) is -1.48. The van der Waals surface area contributed by atoms with Crippen molar-refractivity contribution in [3.05, 3.63) is 78.8 Å². The first-order valence-electron chi connectivity index (χ1n) is 14.9. The first-order valence-corrected chi connectivity index (χ1v) is 18.4. The molecule has 1 N–H and O–H groups in total. The third kappa shape index (κ3) is 7.64. The van der Waals surface area contributed by atoms with E-state index in [1.165, 1.54) is 22.0 Å². The fraction of sp³-hybridized carbons (Fsp3) is 0.417. The summed E-state index contributed by atoms with van der Waals surface area (Å²) in [6, 6.07) is 22.2. The molecule has 0 amide bonds. The normalized spacial score (nSPS) is 12.5. The molecule has 0 bridgehead atoms. The van der Waals surface area contributed by atoms with E-state index in [0.717, 1.165) is 47.8 Å². The van der Waals surface area contributed by atoms with Gasteiger partial charge in [-0.15, -0.1) is 35.9 Å². The Morgan fingerprint density at radius 2 is 1.52 bits per heavy atom. The molecule has 0 fully saturated rings. The number of ketones is 1. The first-order chi connectivity index (χ1) is 19.3. The zero-order valence-electron chi connectivity index (χ0n) is 26.8. The van der Waals surface area contributed by atoms with Crippen LogP contribution in [0.15, 0.2) is 72.8 Å². The largest absolute Gasteiger partial charge is 0.512 e. The van der Waals surface area contributed by atoms with E-state index in [1.807, 2.05) is 59.7 Å². The summed E-state index contributed by atoms with van der Waals surface area (Å²) in [5, 5.41) is 15.2. The first kappa shape index (κ1) is 35.5. The van der Waals surface area contributed by atoms with Crippen molar-refractivity contribution in [2.75, 3.05) is 0 Å². The van der Waals surface area contributed by atoms with Crippen LogP contribution in [-0.2, 0) is 24.9 Å². The minimum atomic E-state index is -1.48. The minimum Gasteiger partial charge on any atom is -0.512 e. The van der Waals surface area contributed by atoms with Crippen LogP contribution in [0.3, 0.4) is 0 Å². The molecular weight excluding hydrogens is 713 g/mol. The number of benzene rings is 3. The molecule has 4 rings (SSSR count). The van der Waals surface area contributed by atoms with Crippen LogP contribution in [0.2, 0.25) is 19.6 Å². The Hall–Kier alpha value is -2.66. The Balaban J connectivity index is 0.000000307. The zero-order chi connectivity index (χ0) is 30.4. The van der Waals surface area contributed by atoms with Crippen molar-refractivity contribution in [3.63, 3.8) is 0 Å². The van der Waals surface area contributed by atoms with Gasteiger partial charge >= 0.3 is 0 Å². The molecule has 227 valence electrons. The van der Waals surface area contributed by atoms with Gasteiger partial charge in [-0.1, -0.05) is 96.7 Å². The van der Waals surface area contributed by atoms with E-state index in [4.69, 9.17) is 0 Å². The Labute approximate surface area is 267 Å². The Kier molecular flexibility index (Phi) is 12.4. The van der Waals surface area contributed by atoms with E-state index in [-0.39, 0.29) is 42.5 Å². The van der Waals surface area contributed by atoms with Crippen molar-refractivity contribution in [2.24, 2.45) is 10.8 Å². The van der Waals surface area contributed by atoms with E-state index in [2.05, 4.69) is 72.1 Å². The van der Waals surface area contributed by atoms with E-state index in [1.54, 1.807) is 6.33 Å². The molecule has 6 heteroatoms. The van der Waals surface area contributed by atoms with E-state index < -0.39 is 8.07 Å². The SMILES string of the molecule is CCC(C)(CC)C(=O)/C=C(\O)C(C)(CC)CC.C[Si](C)(C)c1cccc2ccc3c(-c4[c-]cccc4)ncnc3c12.[Ir]. The average Bonchev–Trinajstić information content (AvgIpc) is 2.99. The molecule has 1 radical (unpaired) electrons. The third-order valence-corrected chi connectivity index (χ3v) is 11.1.